The highest BCUT2D eigenvalue weighted by Crippen LogP contribution is 2.40. The summed E-state index contributed by atoms with van der Waals surface area (Å²) in [6.07, 6.45) is 0.808. The van der Waals surface area contributed by atoms with Crippen molar-refractivity contribution in [1.82, 2.24) is 0 Å². The monoisotopic (exact) mass is 305 g/mol. The highest BCUT2D eigenvalue weighted by Gasteiger charge is 2.32. The van der Waals surface area contributed by atoms with E-state index in [1.165, 1.54) is 0 Å². The Balaban J connectivity index is 2.04. The van der Waals surface area contributed by atoms with E-state index in [4.69, 9.17) is 6.57 Å². The molecule has 0 aliphatic carbocycles. The quantitative estimate of drug-likeness (QED) is 0.827. The summed E-state index contributed by atoms with van der Waals surface area (Å²) in [5, 5.41) is 3.54. The molecule has 1 heterocycles. The molecule has 1 aliphatic rings. The van der Waals surface area contributed by atoms with E-state index in [9.17, 15) is 4.79 Å². The summed E-state index contributed by atoms with van der Waals surface area (Å²) in [4.78, 5) is 17.4. The van der Waals surface area contributed by atoms with Crippen LogP contribution in [0.3, 0.4) is 0 Å². The number of nitrogens with one attached hydrogen (secondary N) is 1. The maximum absolute atomic E-state index is 12.0. The van der Waals surface area contributed by atoms with Gasteiger partial charge in [0, 0.05) is 24.3 Å². The van der Waals surface area contributed by atoms with Crippen molar-refractivity contribution in [2.75, 3.05) is 10.2 Å². The van der Waals surface area contributed by atoms with Crippen molar-refractivity contribution in [2.45, 2.75) is 32.4 Å². The van der Waals surface area contributed by atoms with Crippen LogP contribution >= 0.6 is 0 Å². The Bertz CT molecular complexity index is 764. The largest absolute Gasteiger partial charge is 0.378 e. The standard InChI is InChI=1S/C19H19N3O/c1-13-11-18(21-15-7-5-4-6-8-15)17-12-16(20-3)9-10-19(17)22(13)14(2)23/h4-10,12-13,18,21H,11H2,1-2H3. The van der Waals surface area contributed by atoms with Gasteiger partial charge in [0.05, 0.1) is 12.6 Å². The van der Waals surface area contributed by atoms with Gasteiger partial charge >= 0.3 is 0 Å². The fourth-order valence-electron chi connectivity index (χ4n) is 3.27. The summed E-state index contributed by atoms with van der Waals surface area (Å²) in [6.45, 7) is 10.9. The molecule has 2 aromatic carbocycles. The second kappa shape index (κ2) is 6.13. The third-order valence-electron chi connectivity index (χ3n) is 4.25. The second-order valence-corrected chi connectivity index (χ2v) is 5.89. The average molecular weight is 305 g/mol. The SMILES string of the molecule is [C-]#[N+]c1ccc2c(c1)C(Nc1ccccc1)CC(C)N2C(C)=O. The molecule has 116 valence electrons. The van der Waals surface area contributed by atoms with Crippen LogP contribution in [0.1, 0.15) is 31.9 Å². The second-order valence-electron chi connectivity index (χ2n) is 5.89. The molecule has 4 nitrogen and oxygen atoms in total. The zero-order valence-electron chi connectivity index (χ0n) is 13.3. The van der Waals surface area contributed by atoms with Crippen molar-refractivity contribution in [3.63, 3.8) is 0 Å². The predicted molar refractivity (Wildman–Crippen MR) is 92.7 cm³/mol. The van der Waals surface area contributed by atoms with E-state index in [-0.39, 0.29) is 18.0 Å². The van der Waals surface area contributed by atoms with Crippen LogP contribution in [-0.4, -0.2) is 11.9 Å². The molecule has 4 heteroatoms. The van der Waals surface area contributed by atoms with E-state index >= 15 is 0 Å². The number of rotatable bonds is 2. The molecule has 1 amide bonds. The van der Waals surface area contributed by atoms with Crippen molar-refractivity contribution >= 4 is 23.0 Å². The number of para-hydroxylation sites is 1. The summed E-state index contributed by atoms with van der Waals surface area (Å²) in [5.74, 6) is 0.0347. The minimum absolute atomic E-state index is 0.0347. The van der Waals surface area contributed by atoms with E-state index in [0.717, 1.165) is 23.4 Å². The first kappa shape index (κ1) is 15.1. The number of carbonyl (C=O) groups is 1. The van der Waals surface area contributed by atoms with Gasteiger partial charge in [-0.05, 0) is 43.2 Å². The molecule has 1 aliphatic heterocycles. The van der Waals surface area contributed by atoms with Crippen LogP contribution in [0.2, 0.25) is 0 Å². The van der Waals surface area contributed by atoms with Crippen molar-refractivity contribution < 1.29 is 4.79 Å². The van der Waals surface area contributed by atoms with E-state index in [1.807, 2.05) is 47.4 Å². The number of hydrogen-bond donors (Lipinski definition) is 1. The van der Waals surface area contributed by atoms with E-state index in [2.05, 4.69) is 17.1 Å². The van der Waals surface area contributed by atoms with Gasteiger partial charge in [-0.25, -0.2) is 4.85 Å². The highest BCUT2D eigenvalue weighted by atomic mass is 16.2. The number of amides is 1. The Hall–Kier alpha value is -2.80. The third kappa shape index (κ3) is 2.91. The molecule has 2 atom stereocenters. The number of nitrogens with zero attached hydrogens (tertiary/aromatic N) is 2. The Kier molecular flexibility index (Phi) is 4.03. The van der Waals surface area contributed by atoms with E-state index < -0.39 is 0 Å². The number of anilines is 2. The Morgan fingerprint density at radius 1 is 1.26 bits per heavy atom. The van der Waals surface area contributed by atoms with Crippen LogP contribution in [0.4, 0.5) is 17.1 Å². The first-order valence-electron chi connectivity index (χ1n) is 7.73. The number of hydrogen-bond acceptors (Lipinski definition) is 2. The number of fused-ring (bicyclic) bond motifs is 1. The lowest BCUT2D eigenvalue weighted by Gasteiger charge is -2.39. The molecule has 0 aromatic heterocycles. The lowest BCUT2D eigenvalue weighted by molar-refractivity contribution is -0.117. The summed E-state index contributed by atoms with van der Waals surface area (Å²) >= 11 is 0. The van der Waals surface area contributed by atoms with Crippen molar-refractivity contribution in [1.29, 1.82) is 0 Å². The van der Waals surface area contributed by atoms with Crippen LogP contribution in [0.25, 0.3) is 4.85 Å². The van der Waals surface area contributed by atoms with Crippen LogP contribution < -0.4 is 10.2 Å². The van der Waals surface area contributed by atoms with Gasteiger partial charge in [0.1, 0.15) is 0 Å². The van der Waals surface area contributed by atoms with Crippen LogP contribution in [0, 0.1) is 6.57 Å². The zero-order chi connectivity index (χ0) is 16.4. The normalized spacial score (nSPS) is 19.6. The minimum atomic E-state index is 0.0347. The van der Waals surface area contributed by atoms with Gasteiger partial charge in [0.15, 0.2) is 5.69 Å². The fourth-order valence-corrected chi connectivity index (χ4v) is 3.27. The van der Waals surface area contributed by atoms with Crippen LogP contribution in [0.5, 0.6) is 0 Å². The molecule has 0 spiro atoms. The third-order valence-corrected chi connectivity index (χ3v) is 4.25. The number of carbonyl (C=O) groups excluding carboxylic acids is 1. The molecule has 2 unspecified atom stereocenters. The van der Waals surface area contributed by atoms with Crippen LogP contribution in [0.15, 0.2) is 48.5 Å². The molecule has 0 fully saturated rings. The molecule has 0 radical (unpaired) electrons. The molecule has 0 bridgehead atoms. The lowest BCUT2D eigenvalue weighted by atomic mass is 9.91. The van der Waals surface area contributed by atoms with Crippen LogP contribution in [-0.2, 0) is 4.79 Å². The van der Waals surface area contributed by atoms with Gasteiger partial charge in [-0.2, -0.15) is 0 Å². The molecular formula is C19H19N3O. The van der Waals surface area contributed by atoms with Crippen molar-refractivity contribution in [3.8, 4) is 0 Å². The molecule has 0 saturated carbocycles. The molecule has 0 saturated heterocycles. The fraction of sp³-hybridized carbons (Fsp3) is 0.263. The average Bonchev–Trinajstić information content (AvgIpc) is 2.55. The zero-order valence-corrected chi connectivity index (χ0v) is 13.3. The first-order valence-corrected chi connectivity index (χ1v) is 7.73. The van der Waals surface area contributed by atoms with E-state index in [0.29, 0.717) is 5.69 Å². The Labute approximate surface area is 136 Å². The first-order chi connectivity index (χ1) is 11.1. The summed E-state index contributed by atoms with van der Waals surface area (Å²) in [5.41, 5.74) is 3.55. The highest BCUT2D eigenvalue weighted by molar-refractivity contribution is 5.94. The summed E-state index contributed by atoms with van der Waals surface area (Å²) < 4.78 is 0. The topological polar surface area (TPSA) is 36.7 Å². The van der Waals surface area contributed by atoms with Gasteiger partial charge in [0.25, 0.3) is 0 Å². The van der Waals surface area contributed by atoms with Crippen molar-refractivity contribution in [2.24, 2.45) is 0 Å². The molecule has 1 N–H and O–H groups in total. The summed E-state index contributed by atoms with van der Waals surface area (Å²) in [7, 11) is 0. The molecular weight excluding hydrogens is 286 g/mol. The Morgan fingerprint density at radius 2 is 2.00 bits per heavy atom. The maximum Gasteiger partial charge on any atom is 0.224 e. The maximum atomic E-state index is 12.0. The lowest BCUT2D eigenvalue weighted by Crippen LogP contribution is -2.43. The predicted octanol–water partition coefficient (Wildman–Crippen LogP) is 4.54. The summed E-state index contributed by atoms with van der Waals surface area (Å²) in [6, 6.07) is 15.8. The molecule has 2 aromatic rings. The van der Waals surface area contributed by atoms with Gasteiger partial charge in [-0.15, -0.1) is 0 Å². The molecule has 23 heavy (non-hydrogen) atoms. The Morgan fingerprint density at radius 3 is 2.65 bits per heavy atom. The number of benzene rings is 2. The minimum Gasteiger partial charge on any atom is -0.378 e. The van der Waals surface area contributed by atoms with Crippen molar-refractivity contribution in [3.05, 3.63) is 65.5 Å². The van der Waals surface area contributed by atoms with E-state index in [1.54, 1.807) is 13.0 Å². The van der Waals surface area contributed by atoms with Gasteiger partial charge in [0.2, 0.25) is 5.91 Å². The smallest absolute Gasteiger partial charge is 0.224 e. The van der Waals surface area contributed by atoms with Gasteiger partial charge in [-0.1, -0.05) is 24.3 Å². The van der Waals surface area contributed by atoms with Gasteiger partial charge < -0.3 is 10.2 Å². The van der Waals surface area contributed by atoms with Gasteiger partial charge in [-0.3, -0.25) is 4.79 Å². The molecule has 3 rings (SSSR count).